The van der Waals surface area contributed by atoms with Gasteiger partial charge in [-0.15, -0.1) is 0 Å². The molecule has 0 bridgehead atoms. The maximum atomic E-state index is 3.80. The fraction of sp³-hybridized carbons (Fsp3) is 1.00. The Morgan fingerprint density at radius 2 is 1.62 bits per heavy atom. The summed E-state index contributed by atoms with van der Waals surface area (Å²) in [6, 6.07) is 0. The summed E-state index contributed by atoms with van der Waals surface area (Å²) in [5.41, 5.74) is 0.270. The highest BCUT2D eigenvalue weighted by molar-refractivity contribution is 4.88. The molecule has 2 aliphatic rings. The Balaban J connectivity index is 1.99. The first-order chi connectivity index (χ1) is 9.87. The van der Waals surface area contributed by atoms with E-state index >= 15 is 0 Å². The van der Waals surface area contributed by atoms with E-state index < -0.39 is 0 Å². The highest BCUT2D eigenvalue weighted by Crippen LogP contribution is 2.45. The number of hydrogen-bond donors (Lipinski definition) is 1. The highest BCUT2D eigenvalue weighted by Gasteiger charge is 2.36. The van der Waals surface area contributed by atoms with Crippen LogP contribution in [-0.2, 0) is 0 Å². The molecule has 0 aliphatic heterocycles. The van der Waals surface area contributed by atoms with Crippen molar-refractivity contribution in [3.63, 3.8) is 0 Å². The first-order valence-corrected chi connectivity index (χ1v) is 9.62. The molecule has 1 nitrogen and oxygen atoms in total. The largest absolute Gasteiger partial charge is 0.312 e. The second kappa shape index (κ2) is 7.49. The van der Waals surface area contributed by atoms with E-state index in [1.807, 2.05) is 0 Å². The summed E-state index contributed by atoms with van der Waals surface area (Å²) in [5.74, 6) is 4.84. The summed E-state index contributed by atoms with van der Waals surface area (Å²) in [6.07, 6.45) is 12.0. The Bertz CT molecular complexity index is 295. The standard InChI is InChI=1S/C20H39N/c1-15(2)17-11-12-18(14-21-20(3,4)5)19(13-17)16-9-7-6-8-10-16/h15-19,21H,6-14H2,1-5H3. The Labute approximate surface area is 133 Å². The van der Waals surface area contributed by atoms with Crippen molar-refractivity contribution in [2.24, 2.45) is 29.6 Å². The molecule has 0 amide bonds. The van der Waals surface area contributed by atoms with Gasteiger partial charge in [-0.3, -0.25) is 0 Å². The number of hydrogen-bond acceptors (Lipinski definition) is 1. The highest BCUT2D eigenvalue weighted by atomic mass is 14.9. The van der Waals surface area contributed by atoms with Crippen LogP contribution >= 0.6 is 0 Å². The molecule has 0 aromatic heterocycles. The second-order valence-electron chi connectivity index (χ2n) is 9.27. The van der Waals surface area contributed by atoms with E-state index in [-0.39, 0.29) is 5.54 Å². The topological polar surface area (TPSA) is 12.0 Å². The lowest BCUT2D eigenvalue weighted by Crippen LogP contribution is -2.44. The van der Waals surface area contributed by atoms with Crippen LogP contribution in [0.25, 0.3) is 0 Å². The summed E-state index contributed by atoms with van der Waals surface area (Å²) in [6.45, 7) is 13.1. The predicted molar refractivity (Wildman–Crippen MR) is 93.5 cm³/mol. The molecule has 1 heteroatoms. The Morgan fingerprint density at radius 1 is 0.952 bits per heavy atom. The van der Waals surface area contributed by atoms with Crippen LogP contribution in [0, 0.1) is 29.6 Å². The van der Waals surface area contributed by atoms with Crippen LogP contribution < -0.4 is 5.32 Å². The Hall–Kier alpha value is -0.0400. The number of nitrogens with one attached hydrogen (secondary N) is 1. The first kappa shape index (κ1) is 17.3. The monoisotopic (exact) mass is 293 g/mol. The van der Waals surface area contributed by atoms with Crippen molar-refractivity contribution >= 4 is 0 Å². The van der Waals surface area contributed by atoms with Crippen molar-refractivity contribution in [1.29, 1.82) is 0 Å². The summed E-state index contributed by atoms with van der Waals surface area (Å²) in [4.78, 5) is 0. The fourth-order valence-electron chi connectivity index (χ4n) is 4.74. The zero-order valence-corrected chi connectivity index (χ0v) is 15.3. The molecule has 2 rings (SSSR count). The lowest BCUT2D eigenvalue weighted by molar-refractivity contribution is 0.0751. The van der Waals surface area contributed by atoms with Crippen molar-refractivity contribution in [2.45, 2.75) is 91.5 Å². The zero-order valence-electron chi connectivity index (χ0n) is 15.3. The van der Waals surface area contributed by atoms with Gasteiger partial charge >= 0.3 is 0 Å². The van der Waals surface area contributed by atoms with E-state index in [0.717, 1.165) is 29.6 Å². The van der Waals surface area contributed by atoms with Gasteiger partial charge in [-0.05, 0) is 76.2 Å². The molecule has 2 fully saturated rings. The zero-order chi connectivity index (χ0) is 15.5. The van der Waals surface area contributed by atoms with Gasteiger partial charge in [0.15, 0.2) is 0 Å². The van der Waals surface area contributed by atoms with Gasteiger partial charge in [-0.1, -0.05) is 46.0 Å². The molecule has 124 valence electrons. The molecule has 1 N–H and O–H groups in total. The molecule has 2 saturated carbocycles. The van der Waals surface area contributed by atoms with Gasteiger partial charge in [-0.2, -0.15) is 0 Å². The van der Waals surface area contributed by atoms with Crippen molar-refractivity contribution < 1.29 is 0 Å². The van der Waals surface area contributed by atoms with Gasteiger partial charge in [-0.25, -0.2) is 0 Å². The molecule has 21 heavy (non-hydrogen) atoms. The van der Waals surface area contributed by atoms with Crippen LogP contribution in [0.5, 0.6) is 0 Å². The second-order valence-corrected chi connectivity index (χ2v) is 9.27. The summed E-state index contributed by atoms with van der Waals surface area (Å²) in [5, 5.41) is 3.80. The molecular formula is C20H39N. The van der Waals surface area contributed by atoms with Gasteiger partial charge in [0.25, 0.3) is 0 Å². The van der Waals surface area contributed by atoms with Crippen LogP contribution in [0.4, 0.5) is 0 Å². The predicted octanol–water partition coefficient (Wildman–Crippen LogP) is 5.64. The third-order valence-electron chi connectivity index (χ3n) is 6.18. The van der Waals surface area contributed by atoms with Crippen molar-refractivity contribution in [3.8, 4) is 0 Å². The van der Waals surface area contributed by atoms with E-state index in [0.29, 0.717) is 0 Å². The summed E-state index contributed by atoms with van der Waals surface area (Å²) in [7, 11) is 0. The van der Waals surface area contributed by atoms with E-state index in [1.165, 1.54) is 57.9 Å². The third-order valence-corrected chi connectivity index (χ3v) is 6.18. The molecule has 0 spiro atoms. The fourth-order valence-corrected chi connectivity index (χ4v) is 4.74. The average Bonchev–Trinajstić information content (AvgIpc) is 2.45. The molecule has 0 heterocycles. The Kier molecular flexibility index (Phi) is 6.17. The normalized spacial score (nSPS) is 32.6. The van der Waals surface area contributed by atoms with Crippen LogP contribution in [0.3, 0.4) is 0 Å². The summed E-state index contributed by atoms with van der Waals surface area (Å²) < 4.78 is 0. The van der Waals surface area contributed by atoms with Crippen LogP contribution in [0.15, 0.2) is 0 Å². The molecule has 3 atom stereocenters. The van der Waals surface area contributed by atoms with Crippen LogP contribution in [0.2, 0.25) is 0 Å². The minimum absolute atomic E-state index is 0.270. The SMILES string of the molecule is CC(C)C1CCC(CNC(C)(C)C)C(C2CCCCC2)C1. The minimum atomic E-state index is 0.270. The molecule has 0 saturated heterocycles. The van der Waals surface area contributed by atoms with E-state index in [1.54, 1.807) is 0 Å². The molecule has 3 unspecified atom stereocenters. The average molecular weight is 294 g/mol. The van der Waals surface area contributed by atoms with Gasteiger partial charge in [0.05, 0.1) is 0 Å². The number of rotatable bonds is 4. The minimum Gasteiger partial charge on any atom is -0.312 e. The molecule has 0 aromatic rings. The maximum Gasteiger partial charge on any atom is 0.00966 e. The van der Waals surface area contributed by atoms with Gasteiger partial charge < -0.3 is 5.32 Å². The van der Waals surface area contributed by atoms with Crippen molar-refractivity contribution in [2.75, 3.05) is 6.54 Å². The van der Waals surface area contributed by atoms with Gasteiger partial charge in [0.1, 0.15) is 0 Å². The molecule has 0 radical (unpaired) electrons. The summed E-state index contributed by atoms with van der Waals surface area (Å²) >= 11 is 0. The lowest BCUT2D eigenvalue weighted by Gasteiger charge is -2.44. The maximum absolute atomic E-state index is 3.80. The van der Waals surface area contributed by atoms with E-state index in [9.17, 15) is 0 Å². The molecule has 2 aliphatic carbocycles. The van der Waals surface area contributed by atoms with E-state index in [2.05, 4.69) is 39.9 Å². The lowest BCUT2D eigenvalue weighted by atomic mass is 9.63. The van der Waals surface area contributed by atoms with Crippen molar-refractivity contribution in [3.05, 3.63) is 0 Å². The molecular weight excluding hydrogens is 254 g/mol. The molecule has 0 aromatic carbocycles. The van der Waals surface area contributed by atoms with E-state index in [4.69, 9.17) is 0 Å². The quantitative estimate of drug-likeness (QED) is 0.707. The van der Waals surface area contributed by atoms with Gasteiger partial charge in [0, 0.05) is 5.54 Å². The van der Waals surface area contributed by atoms with Crippen LogP contribution in [-0.4, -0.2) is 12.1 Å². The third kappa shape index (κ3) is 5.27. The smallest absolute Gasteiger partial charge is 0.00966 e. The van der Waals surface area contributed by atoms with Gasteiger partial charge in [0.2, 0.25) is 0 Å². The first-order valence-electron chi connectivity index (χ1n) is 9.62. The Morgan fingerprint density at radius 3 is 2.19 bits per heavy atom. The van der Waals surface area contributed by atoms with Crippen molar-refractivity contribution in [1.82, 2.24) is 5.32 Å². The van der Waals surface area contributed by atoms with Crippen LogP contribution in [0.1, 0.15) is 86.0 Å².